The Balaban J connectivity index is 1.71. The van der Waals surface area contributed by atoms with Crippen LogP contribution in [-0.2, 0) is 13.1 Å². The number of amidine groups is 1. The first kappa shape index (κ1) is 24.2. The Kier molecular flexibility index (Phi) is 9.46. The minimum absolute atomic E-state index is 0.359. The lowest BCUT2D eigenvalue weighted by molar-refractivity contribution is 0.148. The van der Waals surface area contributed by atoms with Crippen LogP contribution in [0.1, 0.15) is 43.0 Å². The van der Waals surface area contributed by atoms with Crippen LogP contribution in [0.5, 0.6) is 0 Å². The van der Waals surface area contributed by atoms with Gasteiger partial charge >= 0.3 is 0 Å². The second-order valence-corrected chi connectivity index (χ2v) is 8.55. The van der Waals surface area contributed by atoms with Crippen LogP contribution >= 0.6 is 0 Å². The number of likely N-dealkylation sites (N-methyl/N-ethyl adjacent to an activating group) is 1. The van der Waals surface area contributed by atoms with Crippen molar-refractivity contribution in [1.29, 1.82) is 0 Å². The second kappa shape index (κ2) is 12.5. The number of anilines is 1. The number of hydrogen-bond donors (Lipinski definition) is 2. The van der Waals surface area contributed by atoms with E-state index in [2.05, 4.69) is 75.8 Å². The van der Waals surface area contributed by atoms with Gasteiger partial charge in [-0.15, -0.1) is 0 Å². The van der Waals surface area contributed by atoms with E-state index in [1.807, 2.05) is 6.07 Å². The third-order valence-corrected chi connectivity index (χ3v) is 6.02. The van der Waals surface area contributed by atoms with Crippen LogP contribution in [0.25, 0.3) is 0 Å². The van der Waals surface area contributed by atoms with Crippen molar-refractivity contribution in [1.82, 2.24) is 14.4 Å². The number of aliphatic imine (C=N–C) groups is 2. The van der Waals surface area contributed by atoms with Crippen LogP contribution in [-0.4, -0.2) is 73.4 Å². The SMILES string of the molecule is C=NC(=NCCCCC)c1c(NCN)ccn1Cc1ccc(CN2CCN(C)CC2)cc1. The first-order chi connectivity index (χ1) is 15.6. The van der Waals surface area contributed by atoms with Crippen LogP contribution in [0.3, 0.4) is 0 Å². The zero-order valence-electron chi connectivity index (χ0n) is 19.8. The van der Waals surface area contributed by atoms with Crippen molar-refractivity contribution in [3.8, 4) is 0 Å². The summed E-state index contributed by atoms with van der Waals surface area (Å²) in [5.41, 5.74) is 10.3. The quantitative estimate of drug-likeness (QED) is 0.245. The molecule has 0 saturated carbocycles. The van der Waals surface area contributed by atoms with Gasteiger partial charge in [-0.2, -0.15) is 0 Å². The van der Waals surface area contributed by atoms with E-state index in [4.69, 9.17) is 10.7 Å². The van der Waals surface area contributed by atoms with Gasteiger partial charge < -0.3 is 20.5 Å². The number of hydrogen-bond acceptors (Lipinski definition) is 5. The molecule has 0 spiro atoms. The van der Waals surface area contributed by atoms with Gasteiger partial charge in [0.05, 0.1) is 12.4 Å². The molecule has 174 valence electrons. The first-order valence-electron chi connectivity index (χ1n) is 11.8. The molecule has 2 aromatic rings. The Bertz CT molecular complexity index is 861. The Hall–Kier alpha value is -2.48. The van der Waals surface area contributed by atoms with E-state index >= 15 is 0 Å². The summed E-state index contributed by atoms with van der Waals surface area (Å²) in [7, 11) is 2.19. The van der Waals surface area contributed by atoms with Crippen molar-refractivity contribution in [3.05, 3.63) is 53.3 Å². The number of rotatable bonds is 11. The summed E-state index contributed by atoms with van der Waals surface area (Å²) in [6, 6.07) is 11.0. The monoisotopic (exact) mass is 437 g/mol. The van der Waals surface area contributed by atoms with Gasteiger partial charge in [0, 0.05) is 52.0 Å². The van der Waals surface area contributed by atoms with Gasteiger partial charge in [0.2, 0.25) is 0 Å². The van der Waals surface area contributed by atoms with Crippen molar-refractivity contribution in [2.45, 2.75) is 39.3 Å². The summed E-state index contributed by atoms with van der Waals surface area (Å²) in [4.78, 5) is 13.9. The summed E-state index contributed by atoms with van der Waals surface area (Å²) in [5.74, 6) is 0.675. The highest BCUT2D eigenvalue weighted by Gasteiger charge is 2.16. The van der Waals surface area contributed by atoms with E-state index in [-0.39, 0.29) is 0 Å². The lowest BCUT2D eigenvalue weighted by Gasteiger charge is -2.32. The molecule has 2 heterocycles. The minimum atomic E-state index is 0.359. The number of unbranched alkanes of at least 4 members (excludes halogenated alkanes) is 2. The summed E-state index contributed by atoms with van der Waals surface area (Å²) < 4.78 is 2.18. The highest BCUT2D eigenvalue weighted by Crippen LogP contribution is 2.21. The van der Waals surface area contributed by atoms with Gasteiger partial charge in [0.1, 0.15) is 5.69 Å². The summed E-state index contributed by atoms with van der Waals surface area (Å²) in [6.07, 6.45) is 5.47. The molecular weight excluding hydrogens is 398 g/mol. The normalized spacial score (nSPS) is 15.8. The molecule has 7 nitrogen and oxygen atoms in total. The molecule has 0 amide bonds. The molecule has 1 saturated heterocycles. The number of aromatic nitrogens is 1. The lowest BCUT2D eigenvalue weighted by atomic mass is 10.1. The molecule has 32 heavy (non-hydrogen) atoms. The molecule has 0 bridgehead atoms. The maximum Gasteiger partial charge on any atom is 0.173 e. The minimum Gasteiger partial charge on any atom is -0.371 e. The summed E-state index contributed by atoms with van der Waals surface area (Å²) in [6.45, 7) is 13.4. The average molecular weight is 438 g/mol. The van der Waals surface area contributed by atoms with Crippen LogP contribution in [0.15, 0.2) is 46.5 Å². The van der Waals surface area contributed by atoms with Crippen LogP contribution in [0.2, 0.25) is 0 Å². The Labute approximate surface area is 193 Å². The van der Waals surface area contributed by atoms with Crippen molar-refractivity contribution < 1.29 is 0 Å². The zero-order chi connectivity index (χ0) is 22.8. The fraction of sp³-hybridized carbons (Fsp3) is 0.520. The zero-order valence-corrected chi connectivity index (χ0v) is 19.8. The smallest absolute Gasteiger partial charge is 0.173 e. The van der Waals surface area contributed by atoms with Crippen molar-refractivity contribution >= 4 is 18.2 Å². The number of nitrogens with one attached hydrogen (secondary N) is 1. The van der Waals surface area contributed by atoms with Gasteiger partial charge in [0.25, 0.3) is 0 Å². The molecule has 1 aliphatic rings. The summed E-state index contributed by atoms with van der Waals surface area (Å²) in [5, 5.41) is 3.24. The molecule has 3 rings (SSSR count). The molecule has 0 aliphatic carbocycles. The predicted octanol–water partition coefficient (Wildman–Crippen LogP) is 3.25. The van der Waals surface area contributed by atoms with E-state index in [1.54, 1.807) is 0 Å². The largest absolute Gasteiger partial charge is 0.371 e. The Morgan fingerprint density at radius 1 is 1.03 bits per heavy atom. The van der Waals surface area contributed by atoms with Crippen molar-refractivity contribution in [3.63, 3.8) is 0 Å². The fourth-order valence-electron chi connectivity index (χ4n) is 4.06. The topological polar surface area (TPSA) is 74.2 Å². The maximum atomic E-state index is 5.76. The third kappa shape index (κ3) is 6.76. The number of piperazine rings is 1. The van der Waals surface area contributed by atoms with E-state index in [1.165, 1.54) is 24.0 Å². The van der Waals surface area contributed by atoms with Gasteiger partial charge in [-0.25, -0.2) is 4.99 Å². The molecule has 0 unspecified atom stereocenters. The second-order valence-electron chi connectivity index (χ2n) is 8.55. The molecule has 3 N–H and O–H groups in total. The first-order valence-corrected chi connectivity index (χ1v) is 11.8. The average Bonchev–Trinajstić information content (AvgIpc) is 3.19. The Morgan fingerprint density at radius 2 is 1.72 bits per heavy atom. The van der Waals surface area contributed by atoms with Crippen molar-refractivity contribution in [2.24, 2.45) is 15.7 Å². The van der Waals surface area contributed by atoms with Crippen LogP contribution < -0.4 is 11.1 Å². The van der Waals surface area contributed by atoms with Crippen LogP contribution in [0.4, 0.5) is 5.69 Å². The number of nitrogens with two attached hydrogens (primary N) is 1. The van der Waals surface area contributed by atoms with Gasteiger partial charge in [-0.1, -0.05) is 44.0 Å². The highest BCUT2D eigenvalue weighted by molar-refractivity contribution is 6.04. The lowest BCUT2D eigenvalue weighted by Crippen LogP contribution is -2.43. The third-order valence-electron chi connectivity index (χ3n) is 6.02. The molecule has 1 aromatic heterocycles. The van der Waals surface area contributed by atoms with Gasteiger partial charge in [-0.05, 0) is 37.4 Å². The maximum absolute atomic E-state index is 5.76. The van der Waals surface area contributed by atoms with E-state index in [0.717, 1.165) is 63.6 Å². The fourth-order valence-corrected chi connectivity index (χ4v) is 4.06. The number of benzene rings is 1. The van der Waals surface area contributed by atoms with Gasteiger partial charge in [-0.3, -0.25) is 9.89 Å². The Morgan fingerprint density at radius 3 is 2.34 bits per heavy atom. The van der Waals surface area contributed by atoms with E-state index < -0.39 is 0 Å². The summed E-state index contributed by atoms with van der Waals surface area (Å²) >= 11 is 0. The standard InChI is InChI=1S/C25H39N7/c1-4-5-6-12-28-25(27-2)24-23(29-20-26)11-13-32(24)19-22-9-7-21(8-10-22)18-31-16-14-30(3)15-17-31/h7-11,13,29H,2,4-6,12,14-20,26H2,1,3H3. The molecule has 1 fully saturated rings. The number of nitrogens with zero attached hydrogens (tertiary/aromatic N) is 5. The molecule has 1 aromatic carbocycles. The predicted molar refractivity (Wildman–Crippen MR) is 136 cm³/mol. The van der Waals surface area contributed by atoms with Gasteiger partial charge in [0.15, 0.2) is 5.84 Å². The van der Waals surface area contributed by atoms with Crippen molar-refractivity contribution in [2.75, 3.05) is 51.8 Å². The molecular formula is C25H39N7. The highest BCUT2D eigenvalue weighted by atomic mass is 15.2. The molecule has 0 radical (unpaired) electrons. The molecule has 7 heteroatoms. The van der Waals surface area contributed by atoms with Crippen LogP contribution in [0, 0.1) is 0 Å². The molecule has 1 aliphatic heterocycles. The van der Waals surface area contributed by atoms with E-state index in [0.29, 0.717) is 12.5 Å². The molecule has 0 atom stereocenters. The van der Waals surface area contributed by atoms with E-state index in [9.17, 15) is 0 Å².